The summed E-state index contributed by atoms with van der Waals surface area (Å²) >= 11 is 0. The molecule has 6 heteroatoms. The fourth-order valence-corrected chi connectivity index (χ4v) is 2.55. The fourth-order valence-electron chi connectivity index (χ4n) is 2.55. The van der Waals surface area contributed by atoms with Crippen molar-refractivity contribution in [3.8, 4) is 11.5 Å². The first kappa shape index (κ1) is 23.2. The fraction of sp³-hybridized carbons (Fsp3) is 0.667. The van der Waals surface area contributed by atoms with Gasteiger partial charge in [-0.05, 0) is 44.4 Å². The van der Waals surface area contributed by atoms with Gasteiger partial charge < -0.3 is 23.8 Å². The van der Waals surface area contributed by atoms with E-state index in [9.17, 15) is 4.79 Å². The van der Waals surface area contributed by atoms with E-state index in [1.165, 1.54) is 0 Å². The predicted molar refractivity (Wildman–Crippen MR) is 107 cm³/mol. The van der Waals surface area contributed by atoms with Gasteiger partial charge in [0.25, 0.3) is 0 Å². The van der Waals surface area contributed by atoms with E-state index >= 15 is 0 Å². The maximum atomic E-state index is 12.6. The number of unbranched alkanes of at least 4 members (excludes halogenated alkanes) is 2. The van der Waals surface area contributed by atoms with Gasteiger partial charge in [0.1, 0.15) is 18.1 Å². The SMILES string of the molecule is CCCCN(CCCC)C(=O)Oc1cc(C)cc(OCC(OC)OCC)c1. The Morgan fingerprint density at radius 3 is 2.22 bits per heavy atom. The van der Waals surface area contributed by atoms with Crippen LogP contribution in [0.4, 0.5) is 4.79 Å². The number of methoxy groups -OCH3 is 1. The van der Waals surface area contributed by atoms with Crippen LogP contribution in [-0.2, 0) is 9.47 Å². The van der Waals surface area contributed by atoms with Crippen molar-refractivity contribution in [1.82, 2.24) is 4.90 Å². The van der Waals surface area contributed by atoms with Gasteiger partial charge in [-0.1, -0.05) is 26.7 Å². The summed E-state index contributed by atoms with van der Waals surface area (Å²) in [6.45, 7) is 10.3. The molecule has 1 aromatic carbocycles. The first-order valence-corrected chi connectivity index (χ1v) is 9.89. The van der Waals surface area contributed by atoms with E-state index in [2.05, 4.69) is 13.8 Å². The number of amides is 1. The van der Waals surface area contributed by atoms with Crippen molar-refractivity contribution in [2.45, 2.75) is 59.7 Å². The number of hydrogen-bond donors (Lipinski definition) is 0. The Bertz CT molecular complexity index is 541. The Kier molecular flexibility index (Phi) is 11.5. The molecule has 0 N–H and O–H groups in total. The summed E-state index contributed by atoms with van der Waals surface area (Å²) in [6.07, 6.45) is 3.28. The molecule has 0 aliphatic rings. The molecule has 0 aliphatic heterocycles. The number of rotatable bonds is 13. The van der Waals surface area contributed by atoms with Crippen LogP contribution in [0.25, 0.3) is 0 Å². The highest BCUT2D eigenvalue weighted by molar-refractivity contribution is 5.71. The highest BCUT2D eigenvalue weighted by Gasteiger charge is 2.16. The highest BCUT2D eigenvalue weighted by Crippen LogP contribution is 2.23. The molecule has 1 atom stereocenters. The van der Waals surface area contributed by atoms with Crippen molar-refractivity contribution in [2.24, 2.45) is 0 Å². The normalized spacial score (nSPS) is 11.9. The summed E-state index contributed by atoms with van der Waals surface area (Å²) in [5, 5.41) is 0. The van der Waals surface area contributed by atoms with Gasteiger partial charge >= 0.3 is 6.09 Å². The van der Waals surface area contributed by atoms with Crippen LogP contribution in [0.3, 0.4) is 0 Å². The molecule has 1 amide bonds. The highest BCUT2D eigenvalue weighted by atomic mass is 16.7. The van der Waals surface area contributed by atoms with Crippen molar-refractivity contribution in [2.75, 3.05) is 33.4 Å². The molecular formula is C21H35NO5. The zero-order chi connectivity index (χ0) is 20.1. The molecule has 0 fully saturated rings. The molecule has 0 saturated heterocycles. The number of hydrogen-bond acceptors (Lipinski definition) is 5. The first-order chi connectivity index (χ1) is 13.0. The largest absolute Gasteiger partial charge is 0.488 e. The second kappa shape index (κ2) is 13.4. The van der Waals surface area contributed by atoms with Gasteiger partial charge in [-0.15, -0.1) is 0 Å². The Balaban J connectivity index is 2.74. The maximum Gasteiger partial charge on any atom is 0.415 e. The number of nitrogens with zero attached hydrogens (tertiary/aromatic N) is 1. The second-order valence-corrected chi connectivity index (χ2v) is 6.48. The van der Waals surface area contributed by atoms with Gasteiger partial charge in [0, 0.05) is 32.9 Å². The van der Waals surface area contributed by atoms with Crippen LogP contribution >= 0.6 is 0 Å². The van der Waals surface area contributed by atoms with Crippen molar-refractivity contribution >= 4 is 6.09 Å². The van der Waals surface area contributed by atoms with E-state index in [0.717, 1.165) is 31.2 Å². The Labute approximate surface area is 163 Å². The number of aryl methyl sites for hydroxylation is 1. The molecule has 0 saturated carbocycles. The zero-order valence-electron chi connectivity index (χ0n) is 17.5. The van der Waals surface area contributed by atoms with E-state index in [1.54, 1.807) is 18.1 Å². The lowest BCUT2D eigenvalue weighted by molar-refractivity contribution is -0.137. The molecule has 0 heterocycles. The topological polar surface area (TPSA) is 57.2 Å². The van der Waals surface area contributed by atoms with Gasteiger partial charge in [-0.2, -0.15) is 0 Å². The third-order valence-corrected chi connectivity index (χ3v) is 4.05. The number of benzene rings is 1. The van der Waals surface area contributed by atoms with E-state index in [4.69, 9.17) is 18.9 Å². The van der Waals surface area contributed by atoms with Crippen molar-refractivity contribution in [1.29, 1.82) is 0 Å². The number of ether oxygens (including phenoxy) is 4. The summed E-state index contributed by atoms with van der Waals surface area (Å²) in [5.41, 5.74) is 0.953. The summed E-state index contributed by atoms with van der Waals surface area (Å²) in [5.74, 6) is 1.10. The molecule has 0 radical (unpaired) electrons. The van der Waals surface area contributed by atoms with Crippen LogP contribution in [0.1, 0.15) is 52.0 Å². The molecule has 27 heavy (non-hydrogen) atoms. The van der Waals surface area contributed by atoms with E-state index in [1.807, 2.05) is 26.0 Å². The number of carbonyl (C=O) groups excluding carboxylic acids is 1. The monoisotopic (exact) mass is 381 g/mol. The minimum atomic E-state index is -0.430. The van der Waals surface area contributed by atoms with Crippen LogP contribution in [0, 0.1) is 6.92 Å². The van der Waals surface area contributed by atoms with E-state index < -0.39 is 6.29 Å². The van der Waals surface area contributed by atoms with Crippen LogP contribution in [0.5, 0.6) is 11.5 Å². The average molecular weight is 382 g/mol. The summed E-state index contributed by atoms with van der Waals surface area (Å²) in [6, 6.07) is 5.45. The number of carbonyl (C=O) groups is 1. The molecule has 1 unspecified atom stereocenters. The van der Waals surface area contributed by atoms with Gasteiger partial charge in [-0.25, -0.2) is 4.79 Å². The lowest BCUT2D eigenvalue weighted by Gasteiger charge is -2.22. The van der Waals surface area contributed by atoms with E-state index in [0.29, 0.717) is 31.2 Å². The van der Waals surface area contributed by atoms with Crippen molar-refractivity contribution in [3.05, 3.63) is 23.8 Å². The summed E-state index contributed by atoms with van der Waals surface area (Å²) < 4.78 is 22.0. The summed E-state index contributed by atoms with van der Waals surface area (Å²) in [7, 11) is 1.58. The molecule has 0 aromatic heterocycles. The van der Waals surface area contributed by atoms with Gasteiger partial charge in [-0.3, -0.25) is 0 Å². The second-order valence-electron chi connectivity index (χ2n) is 6.48. The molecule has 6 nitrogen and oxygen atoms in total. The zero-order valence-corrected chi connectivity index (χ0v) is 17.5. The van der Waals surface area contributed by atoms with Crippen LogP contribution < -0.4 is 9.47 Å². The molecule has 154 valence electrons. The average Bonchev–Trinajstić information content (AvgIpc) is 2.64. The molecule has 0 bridgehead atoms. The molecule has 1 rings (SSSR count). The predicted octanol–water partition coefficient (Wildman–Crippen LogP) is 4.78. The molecule has 0 spiro atoms. The first-order valence-electron chi connectivity index (χ1n) is 9.89. The van der Waals surface area contributed by atoms with Gasteiger partial charge in [0.2, 0.25) is 0 Å². The minimum Gasteiger partial charge on any atom is -0.488 e. The molecular weight excluding hydrogens is 346 g/mol. The molecule has 1 aromatic rings. The lowest BCUT2D eigenvalue weighted by Crippen LogP contribution is -2.35. The summed E-state index contributed by atoms with van der Waals surface area (Å²) in [4.78, 5) is 14.4. The Morgan fingerprint density at radius 2 is 1.67 bits per heavy atom. The Hall–Kier alpha value is -1.79. The van der Waals surface area contributed by atoms with Crippen LogP contribution in [0.2, 0.25) is 0 Å². The standard InChI is InChI=1S/C21H35NO5/c1-6-9-11-22(12-10-7-2)21(23)27-19-14-17(4)13-18(15-19)26-16-20(24-5)25-8-3/h13-15,20H,6-12,16H2,1-5H3. The van der Waals surface area contributed by atoms with E-state index in [-0.39, 0.29) is 12.7 Å². The van der Waals surface area contributed by atoms with Crippen molar-refractivity contribution < 1.29 is 23.7 Å². The minimum absolute atomic E-state index is 0.264. The van der Waals surface area contributed by atoms with Gasteiger partial charge in [0.15, 0.2) is 6.29 Å². The van der Waals surface area contributed by atoms with Crippen LogP contribution in [0.15, 0.2) is 18.2 Å². The Morgan fingerprint density at radius 1 is 1.04 bits per heavy atom. The smallest absolute Gasteiger partial charge is 0.415 e. The maximum absolute atomic E-state index is 12.6. The van der Waals surface area contributed by atoms with Gasteiger partial charge in [0.05, 0.1) is 0 Å². The third kappa shape index (κ3) is 9.11. The molecule has 0 aliphatic carbocycles. The van der Waals surface area contributed by atoms with Crippen LogP contribution in [-0.4, -0.2) is 50.7 Å². The third-order valence-electron chi connectivity index (χ3n) is 4.05. The quantitative estimate of drug-likeness (QED) is 0.460. The van der Waals surface area contributed by atoms with Crippen molar-refractivity contribution in [3.63, 3.8) is 0 Å². The lowest BCUT2D eigenvalue weighted by atomic mass is 10.2.